The Morgan fingerprint density at radius 1 is 1.05 bits per heavy atom. The highest BCUT2D eigenvalue weighted by Gasteiger charge is 2.56. The van der Waals surface area contributed by atoms with Gasteiger partial charge in [-0.05, 0) is 75.7 Å². The fourth-order valence-electron chi connectivity index (χ4n) is 5.32. The minimum Gasteiger partial charge on any atom is -0.494 e. The zero-order valence-electron chi connectivity index (χ0n) is 23.1. The van der Waals surface area contributed by atoms with Gasteiger partial charge in [-0.15, -0.1) is 4.31 Å². The molecule has 42 heavy (non-hydrogen) atoms. The lowest BCUT2D eigenvalue weighted by Gasteiger charge is -2.46. The number of benzene rings is 2. The number of hydrogen-bond acceptors (Lipinski definition) is 9. The molecule has 1 unspecified atom stereocenters. The second-order valence-electron chi connectivity index (χ2n) is 10.3. The molecule has 2 aromatic carbocycles. The van der Waals surface area contributed by atoms with E-state index in [9.17, 15) is 22.4 Å². The number of ether oxygens (including phenoxy) is 3. The highest BCUT2D eigenvalue weighted by molar-refractivity contribution is 7.89. The molecule has 222 valence electrons. The van der Waals surface area contributed by atoms with Crippen LogP contribution in [0.3, 0.4) is 0 Å². The quantitative estimate of drug-likeness (QED) is 0.252. The molecule has 1 aromatic heterocycles. The maximum absolute atomic E-state index is 14.1. The van der Waals surface area contributed by atoms with Crippen molar-refractivity contribution in [3.05, 3.63) is 78.9 Å². The number of aromatic nitrogens is 1. The fourth-order valence-corrected chi connectivity index (χ4v) is 7.14. The van der Waals surface area contributed by atoms with E-state index in [1.54, 1.807) is 36.5 Å². The molecule has 2 aliphatic rings. The predicted octanol–water partition coefficient (Wildman–Crippen LogP) is 4.02. The smallest absolute Gasteiger partial charge is 0.335 e. The Hall–Kier alpha value is -3.87. The Bertz CT molecular complexity index is 1550. The minimum atomic E-state index is -4.29. The van der Waals surface area contributed by atoms with Crippen LogP contribution < -0.4 is 4.74 Å². The van der Waals surface area contributed by atoms with Crippen LogP contribution in [0.15, 0.2) is 78.0 Å². The molecule has 0 radical (unpaired) electrons. The van der Waals surface area contributed by atoms with Crippen molar-refractivity contribution in [1.82, 2.24) is 14.2 Å². The highest BCUT2D eigenvalue weighted by atomic mass is 32.2. The Morgan fingerprint density at radius 3 is 2.52 bits per heavy atom. The van der Waals surface area contributed by atoms with Crippen molar-refractivity contribution in [2.24, 2.45) is 0 Å². The third-order valence-corrected chi connectivity index (χ3v) is 9.44. The van der Waals surface area contributed by atoms with Crippen molar-refractivity contribution in [1.29, 1.82) is 0 Å². The van der Waals surface area contributed by atoms with Gasteiger partial charge in [0.2, 0.25) is 10.0 Å². The van der Waals surface area contributed by atoms with Gasteiger partial charge in [-0.2, -0.15) is 0 Å². The third-order valence-electron chi connectivity index (χ3n) is 7.48. The van der Waals surface area contributed by atoms with E-state index in [0.29, 0.717) is 36.1 Å². The number of piperidine rings is 1. The van der Waals surface area contributed by atoms with Crippen molar-refractivity contribution in [3.63, 3.8) is 0 Å². The monoisotopic (exact) mass is 597 g/mol. The van der Waals surface area contributed by atoms with E-state index in [4.69, 9.17) is 14.2 Å². The van der Waals surface area contributed by atoms with Gasteiger partial charge in [0.05, 0.1) is 17.9 Å². The van der Waals surface area contributed by atoms with Gasteiger partial charge in [0.1, 0.15) is 11.6 Å². The standard InChI is InChI=1S/C30H32FN3O7S/c1-33(17-3-2-4-19-39-25-10-8-23(31)9-11-25)24-15-18-34(30(20-24)40-28(35)12-13-29(36)41-30)42(37,38)27-7-5-6-22-21-32-16-14-26(22)27/h5-14,16,21,24H,2-4,15,17-20H2,1H3. The molecule has 1 spiro atoms. The number of nitrogens with zero attached hydrogens (tertiary/aromatic N) is 3. The molecule has 0 amide bonds. The van der Waals surface area contributed by atoms with E-state index in [1.807, 2.05) is 7.05 Å². The molecular weight excluding hydrogens is 565 g/mol. The molecule has 10 nitrogen and oxygen atoms in total. The molecule has 1 saturated heterocycles. The van der Waals surface area contributed by atoms with Crippen LogP contribution in [-0.2, 0) is 29.1 Å². The molecule has 0 N–H and O–H groups in total. The first-order valence-electron chi connectivity index (χ1n) is 13.8. The number of hydrogen-bond donors (Lipinski definition) is 0. The summed E-state index contributed by atoms with van der Waals surface area (Å²) in [6.45, 7) is 1.14. The molecule has 1 fully saturated rings. The number of sulfonamides is 1. The van der Waals surface area contributed by atoms with Gasteiger partial charge in [0.15, 0.2) is 0 Å². The SMILES string of the molecule is CN(CCCCCOc1ccc(F)cc1)C1CCN(S(=O)(=O)c2cccc3cnccc23)C2(C1)OC(=O)C=CC(=O)O2. The van der Waals surface area contributed by atoms with E-state index < -0.39 is 27.9 Å². The number of rotatable bonds is 10. The molecule has 3 aromatic rings. The molecule has 0 bridgehead atoms. The van der Waals surface area contributed by atoms with Gasteiger partial charge >= 0.3 is 17.8 Å². The first kappa shape index (κ1) is 29.6. The lowest BCUT2D eigenvalue weighted by molar-refractivity contribution is -0.277. The largest absolute Gasteiger partial charge is 0.494 e. The summed E-state index contributed by atoms with van der Waals surface area (Å²) in [6.07, 6.45) is 7.82. The number of pyridine rings is 1. The maximum atomic E-state index is 14.1. The van der Waals surface area contributed by atoms with Crippen LogP contribution in [-0.4, -0.2) is 73.2 Å². The van der Waals surface area contributed by atoms with Crippen molar-refractivity contribution in [2.45, 2.75) is 49.0 Å². The van der Waals surface area contributed by atoms with Gasteiger partial charge in [-0.25, -0.2) is 22.4 Å². The second kappa shape index (κ2) is 12.6. The number of unbranched alkanes of at least 4 members (excludes halogenated alkanes) is 2. The molecule has 12 heteroatoms. The van der Waals surface area contributed by atoms with Gasteiger partial charge in [0, 0.05) is 47.9 Å². The summed E-state index contributed by atoms with van der Waals surface area (Å²) in [5.74, 6) is -3.58. The van der Waals surface area contributed by atoms with Crippen LogP contribution in [0.2, 0.25) is 0 Å². The van der Waals surface area contributed by atoms with Crippen molar-refractivity contribution < 1.29 is 36.6 Å². The molecular formula is C30H32FN3O7S. The number of carbonyl (C=O) groups excluding carboxylic acids is 2. The summed E-state index contributed by atoms with van der Waals surface area (Å²) >= 11 is 0. The van der Waals surface area contributed by atoms with Crippen molar-refractivity contribution in [3.8, 4) is 5.75 Å². The summed E-state index contributed by atoms with van der Waals surface area (Å²) < 4.78 is 59.2. The number of fused-ring (bicyclic) bond motifs is 1. The zero-order chi connectivity index (χ0) is 29.7. The second-order valence-corrected chi connectivity index (χ2v) is 12.1. The van der Waals surface area contributed by atoms with Gasteiger partial charge in [-0.3, -0.25) is 4.98 Å². The van der Waals surface area contributed by atoms with E-state index in [0.717, 1.165) is 35.7 Å². The fraction of sp³-hybridized carbons (Fsp3) is 0.367. The van der Waals surface area contributed by atoms with E-state index in [-0.39, 0.29) is 29.7 Å². The Kier molecular flexibility index (Phi) is 8.85. The predicted molar refractivity (Wildman–Crippen MR) is 151 cm³/mol. The van der Waals surface area contributed by atoms with Crippen LogP contribution in [0.4, 0.5) is 4.39 Å². The van der Waals surface area contributed by atoms with Crippen LogP contribution >= 0.6 is 0 Å². The maximum Gasteiger partial charge on any atom is 0.335 e. The van der Waals surface area contributed by atoms with Crippen molar-refractivity contribution in [2.75, 3.05) is 26.7 Å². The van der Waals surface area contributed by atoms with Gasteiger partial charge < -0.3 is 19.1 Å². The molecule has 3 heterocycles. The van der Waals surface area contributed by atoms with E-state index in [2.05, 4.69) is 9.88 Å². The molecule has 1 atom stereocenters. The first-order valence-corrected chi connectivity index (χ1v) is 15.2. The molecule has 5 rings (SSSR count). The third kappa shape index (κ3) is 6.45. The lowest BCUT2D eigenvalue weighted by atomic mass is 10.0. The minimum absolute atomic E-state index is 0.000685. The van der Waals surface area contributed by atoms with E-state index in [1.165, 1.54) is 24.4 Å². The highest BCUT2D eigenvalue weighted by Crippen LogP contribution is 2.39. The number of esters is 2. The summed E-state index contributed by atoms with van der Waals surface area (Å²) in [5.41, 5.74) is 0. The van der Waals surface area contributed by atoms with E-state index >= 15 is 0 Å². The summed E-state index contributed by atoms with van der Waals surface area (Å²) in [7, 11) is -2.38. The van der Waals surface area contributed by atoms with Crippen LogP contribution in [0.25, 0.3) is 10.8 Å². The van der Waals surface area contributed by atoms with Crippen LogP contribution in [0, 0.1) is 5.82 Å². The summed E-state index contributed by atoms with van der Waals surface area (Å²) in [5, 5.41) is 1.08. The Labute approximate surface area is 243 Å². The van der Waals surface area contributed by atoms with Gasteiger partial charge in [0.25, 0.3) is 0 Å². The van der Waals surface area contributed by atoms with Gasteiger partial charge in [-0.1, -0.05) is 12.1 Å². The average Bonchev–Trinajstić information content (AvgIpc) is 3.11. The Morgan fingerprint density at radius 2 is 1.79 bits per heavy atom. The number of halogens is 1. The summed E-state index contributed by atoms with van der Waals surface area (Å²) in [6, 6.07) is 12.1. The normalized spacial score (nSPS) is 19.1. The zero-order valence-corrected chi connectivity index (χ0v) is 24.0. The topological polar surface area (TPSA) is 115 Å². The lowest BCUT2D eigenvalue weighted by Crippen LogP contribution is -2.63. The Balaban J connectivity index is 1.28. The molecule has 0 saturated carbocycles. The van der Waals surface area contributed by atoms with Crippen LogP contribution in [0.5, 0.6) is 5.75 Å². The van der Waals surface area contributed by atoms with Crippen molar-refractivity contribution >= 4 is 32.7 Å². The van der Waals surface area contributed by atoms with Crippen LogP contribution in [0.1, 0.15) is 32.1 Å². The molecule has 0 aliphatic carbocycles. The molecule has 2 aliphatic heterocycles. The first-order chi connectivity index (χ1) is 20.2. The summed E-state index contributed by atoms with van der Waals surface area (Å²) in [4.78, 5) is 31.3. The number of carbonyl (C=O) groups is 2. The average molecular weight is 598 g/mol.